The molecule has 0 radical (unpaired) electrons. The summed E-state index contributed by atoms with van der Waals surface area (Å²) < 4.78 is 0. The number of rotatable bonds is 4. The van der Waals surface area contributed by atoms with Crippen LogP contribution in [0.5, 0.6) is 0 Å². The van der Waals surface area contributed by atoms with Crippen LogP contribution in [0, 0.1) is 18.8 Å². The molecular weight excluding hydrogens is 272 g/mol. The number of benzene rings is 1. The summed E-state index contributed by atoms with van der Waals surface area (Å²) in [6.07, 6.45) is 8.49. The summed E-state index contributed by atoms with van der Waals surface area (Å²) in [5.74, 6) is 1.78. The Morgan fingerprint density at radius 3 is 2.65 bits per heavy atom. The Morgan fingerprint density at radius 1 is 1.24 bits per heavy atom. The van der Waals surface area contributed by atoms with E-state index in [-0.39, 0.29) is 0 Å². The van der Waals surface area contributed by atoms with Crippen LogP contribution < -0.4 is 0 Å². The van der Waals surface area contributed by atoms with Gasteiger partial charge in [-0.05, 0) is 30.7 Å². The highest BCUT2D eigenvalue weighted by molar-refractivity contribution is 9.09. The molecule has 1 aliphatic carbocycles. The smallest absolute Gasteiger partial charge is 0.00654 e. The van der Waals surface area contributed by atoms with Gasteiger partial charge in [0.05, 0.1) is 0 Å². The highest BCUT2D eigenvalue weighted by Gasteiger charge is 2.22. The molecule has 0 N–H and O–H groups in total. The minimum absolute atomic E-state index is 0.831. The van der Waals surface area contributed by atoms with Gasteiger partial charge in [0.2, 0.25) is 0 Å². The molecule has 94 valence electrons. The zero-order valence-electron chi connectivity index (χ0n) is 10.8. The minimum atomic E-state index is 0.831. The van der Waals surface area contributed by atoms with E-state index in [0.29, 0.717) is 0 Å². The van der Waals surface area contributed by atoms with Crippen LogP contribution in [0.1, 0.15) is 43.2 Å². The van der Waals surface area contributed by atoms with Crippen LogP contribution in [0.3, 0.4) is 0 Å². The minimum Gasteiger partial charge on any atom is -0.0925 e. The van der Waals surface area contributed by atoms with E-state index in [1.54, 1.807) is 0 Å². The number of hydrogen-bond donors (Lipinski definition) is 0. The normalized spacial score (nSPS) is 19.2. The summed E-state index contributed by atoms with van der Waals surface area (Å²) in [6.45, 7) is 2.19. The van der Waals surface area contributed by atoms with Crippen molar-refractivity contribution < 1.29 is 0 Å². The summed E-state index contributed by atoms with van der Waals surface area (Å²) in [6, 6.07) is 9.01. The highest BCUT2D eigenvalue weighted by Crippen LogP contribution is 2.33. The summed E-state index contributed by atoms with van der Waals surface area (Å²) in [5, 5.41) is 1.16. The fraction of sp³-hybridized carbons (Fsp3) is 0.625. The second-order valence-electron chi connectivity index (χ2n) is 5.51. The molecule has 0 spiro atoms. The van der Waals surface area contributed by atoms with Gasteiger partial charge in [-0.25, -0.2) is 0 Å². The first-order valence-electron chi connectivity index (χ1n) is 6.91. The third-order valence-corrected chi connectivity index (χ3v) is 4.93. The van der Waals surface area contributed by atoms with Crippen molar-refractivity contribution in [2.45, 2.75) is 45.4 Å². The highest BCUT2D eigenvalue weighted by atomic mass is 79.9. The second kappa shape index (κ2) is 6.58. The maximum absolute atomic E-state index is 3.73. The monoisotopic (exact) mass is 294 g/mol. The van der Waals surface area contributed by atoms with Crippen molar-refractivity contribution in [3.63, 3.8) is 0 Å². The maximum Gasteiger partial charge on any atom is 0.00654 e. The average Bonchev–Trinajstić information content (AvgIpc) is 2.37. The zero-order valence-corrected chi connectivity index (χ0v) is 12.4. The molecule has 0 bridgehead atoms. The van der Waals surface area contributed by atoms with Gasteiger partial charge in [-0.3, -0.25) is 0 Å². The maximum atomic E-state index is 3.73. The van der Waals surface area contributed by atoms with Crippen molar-refractivity contribution in [1.29, 1.82) is 0 Å². The molecule has 2 rings (SSSR count). The molecule has 1 saturated carbocycles. The van der Waals surface area contributed by atoms with Gasteiger partial charge in [0.25, 0.3) is 0 Å². The molecule has 0 aliphatic heterocycles. The summed E-state index contributed by atoms with van der Waals surface area (Å²) in [5.41, 5.74) is 2.90. The van der Waals surface area contributed by atoms with Gasteiger partial charge < -0.3 is 0 Å². The second-order valence-corrected chi connectivity index (χ2v) is 6.15. The van der Waals surface area contributed by atoms with E-state index < -0.39 is 0 Å². The lowest BCUT2D eigenvalue weighted by Crippen LogP contribution is -2.21. The van der Waals surface area contributed by atoms with Gasteiger partial charge in [0, 0.05) is 5.33 Å². The Bertz CT molecular complexity index is 339. The van der Waals surface area contributed by atoms with E-state index in [2.05, 4.69) is 47.1 Å². The van der Waals surface area contributed by atoms with Crippen LogP contribution in [0.15, 0.2) is 24.3 Å². The molecule has 1 aromatic rings. The topological polar surface area (TPSA) is 0 Å². The van der Waals surface area contributed by atoms with Gasteiger partial charge in [0.15, 0.2) is 0 Å². The molecular formula is C16H23Br. The fourth-order valence-corrected chi connectivity index (χ4v) is 3.85. The Kier molecular flexibility index (Phi) is 5.09. The largest absolute Gasteiger partial charge is 0.0925 e. The third-order valence-electron chi connectivity index (χ3n) is 4.10. The van der Waals surface area contributed by atoms with Crippen molar-refractivity contribution in [2.24, 2.45) is 11.8 Å². The molecule has 0 heterocycles. The van der Waals surface area contributed by atoms with Gasteiger partial charge in [-0.15, -0.1) is 0 Å². The first-order chi connectivity index (χ1) is 8.29. The molecule has 1 atom stereocenters. The lowest BCUT2D eigenvalue weighted by molar-refractivity contribution is 0.267. The van der Waals surface area contributed by atoms with Gasteiger partial charge >= 0.3 is 0 Å². The quantitative estimate of drug-likeness (QED) is 0.676. The number of aryl methyl sites for hydroxylation is 1. The first-order valence-corrected chi connectivity index (χ1v) is 8.03. The predicted molar refractivity (Wildman–Crippen MR) is 78.7 cm³/mol. The molecule has 0 amide bonds. The molecule has 1 fully saturated rings. The molecule has 0 aromatic heterocycles. The van der Waals surface area contributed by atoms with Crippen molar-refractivity contribution >= 4 is 15.9 Å². The summed E-state index contributed by atoms with van der Waals surface area (Å²) >= 11 is 3.73. The third kappa shape index (κ3) is 3.84. The number of alkyl halides is 1. The van der Waals surface area contributed by atoms with Crippen molar-refractivity contribution in [3.8, 4) is 0 Å². The van der Waals surface area contributed by atoms with E-state index in [9.17, 15) is 0 Å². The summed E-state index contributed by atoms with van der Waals surface area (Å²) in [7, 11) is 0. The van der Waals surface area contributed by atoms with Gasteiger partial charge in [-0.2, -0.15) is 0 Å². The Hall–Kier alpha value is -0.300. The Labute approximate surface area is 114 Å². The van der Waals surface area contributed by atoms with Gasteiger partial charge in [-0.1, -0.05) is 77.9 Å². The first kappa shape index (κ1) is 13.1. The lowest BCUT2D eigenvalue weighted by Gasteiger charge is -2.29. The van der Waals surface area contributed by atoms with Crippen LogP contribution in [0.25, 0.3) is 0 Å². The van der Waals surface area contributed by atoms with E-state index in [1.807, 2.05) is 0 Å². The SMILES string of the molecule is Cc1cccc(CC(CBr)C2CCCCC2)c1. The van der Waals surface area contributed by atoms with Crippen molar-refractivity contribution in [1.82, 2.24) is 0 Å². The number of halogens is 1. The van der Waals surface area contributed by atoms with E-state index >= 15 is 0 Å². The molecule has 1 heteroatoms. The molecule has 1 unspecified atom stereocenters. The lowest BCUT2D eigenvalue weighted by atomic mass is 9.78. The average molecular weight is 295 g/mol. The van der Waals surface area contributed by atoms with Crippen molar-refractivity contribution in [3.05, 3.63) is 35.4 Å². The Balaban J connectivity index is 1.98. The van der Waals surface area contributed by atoms with E-state index in [0.717, 1.165) is 17.2 Å². The van der Waals surface area contributed by atoms with Crippen LogP contribution in [0.2, 0.25) is 0 Å². The standard InChI is InChI=1S/C16H23Br/c1-13-6-5-7-14(10-13)11-16(12-17)15-8-3-2-4-9-15/h5-7,10,15-16H,2-4,8-9,11-12H2,1H3. The van der Waals surface area contributed by atoms with Crippen LogP contribution >= 0.6 is 15.9 Å². The Morgan fingerprint density at radius 2 is 2.00 bits per heavy atom. The fourth-order valence-electron chi connectivity index (χ4n) is 3.09. The molecule has 1 aromatic carbocycles. The van der Waals surface area contributed by atoms with Crippen molar-refractivity contribution in [2.75, 3.05) is 5.33 Å². The molecule has 1 aliphatic rings. The number of hydrogen-bond acceptors (Lipinski definition) is 0. The van der Waals surface area contributed by atoms with Crippen LogP contribution in [-0.2, 0) is 6.42 Å². The zero-order chi connectivity index (χ0) is 12.1. The van der Waals surface area contributed by atoms with E-state index in [1.165, 1.54) is 49.7 Å². The molecule has 17 heavy (non-hydrogen) atoms. The van der Waals surface area contributed by atoms with E-state index in [4.69, 9.17) is 0 Å². The molecule has 0 nitrogen and oxygen atoms in total. The van der Waals surface area contributed by atoms with Crippen LogP contribution in [0.4, 0.5) is 0 Å². The predicted octanol–water partition coefficient (Wildman–Crippen LogP) is 5.13. The van der Waals surface area contributed by atoms with Gasteiger partial charge in [0.1, 0.15) is 0 Å². The van der Waals surface area contributed by atoms with Crippen LogP contribution in [-0.4, -0.2) is 5.33 Å². The summed E-state index contributed by atoms with van der Waals surface area (Å²) in [4.78, 5) is 0. The molecule has 0 saturated heterocycles.